The average molecular weight is 292 g/mol. The molecule has 0 saturated carbocycles. The van der Waals surface area contributed by atoms with Crippen LogP contribution in [0.15, 0.2) is 36.4 Å². The van der Waals surface area contributed by atoms with E-state index >= 15 is 0 Å². The average Bonchev–Trinajstić information content (AvgIpc) is 2.88. The molecule has 1 aromatic carbocycles. The fourth-order valence-electron chi connectivity index (χ4n) is 1.65. The lowest BCUT2D eigenvalue weighted by Crippen LogP contribution is -2.11. The summed E-state index contributed by atoms with van der Waals surface area (Å²) in [6, 6.07) is 9.67. The van der Waals surface area contributed by atoms with Crippen molar-refractivity contribution in [2.24, 2.45) is 0 Å². The third-order valence-electron chi connectivity index (χ3n) is 2.65. The quantitative estimate of drug-likeness (QED) is 0.630. The van der Waals surface area contributed by atoms with E-state index in [-0.39, 0.29) is 5.69 Å². The molecule has 7 heteroatoms. The van der Waals surface area contributed by atoms with Gasteiger partial charge in [0.15, 0.2) is 0 Å². The van der Waals surface area contributed by atoms with Gasteiger partial charge in [-0.2, -0.15) is 0 Å². The first kappa shape index (κ1) is 14.2. The summed E-state index contributed by atoms with van der Waals surface area (Å²) in [5.74, 6) is -0.920. The van der Waals surface area contributed by atoms with Gasteiger partial charge in [0.2, 0.25) is 0 Å². The van der Waals surface area contributed by atoms with Crippen LogP contribution in [-0.4, -0.2) is 16.0 Å². The number of carbonyl (C=O) groups is 1. The predicted molar refractivity (Wildman–Crippen MR) is 74.9 cm³/mol. The van der Waals surface area contributed by atoms with E-state index < -0.39 is 10.9 Å². The number of nitrogens with one attached hydrogen (secondary N) is 1. The van der Waals surface area contributed by atoms with Gasteiger partial charge in [0.25, 0.3) is 5.69 Å². The van der Waals surface area contributed by atoms with Crippen LogP contribution < -0.4 is 5.32 Å². The smallest absolute Gasteiger partial charge is 0.345 e. The van der Waals surface area contributed by atoms with Gasteiger partial charge in [-0.25, -0.2) is 4.79 Å². The van der Waals surface area contributed by atoms with Gasteiger partial charge in [0, 0.05) is 30.1 Å². The molecule has 0 spiro atoms. The minimum Gasteiger partial charge on any atom is -0.477 e. The molecule has 0 atom stereocenters. The standard InChI is InChI=1S/C13H12N2O4S/c16-13(17)12-6-5-11(20-12)8-14-7-9-1-3-10(4-2-9)15(18)19/h1-6,14H,7-8H2,(H,16,17). The number of hydrogen-bond donors (Lipinski definition) is 2. The number of carboxylic acids is 1. The number of benzene rings is 1. The number of rotatable bonds is 6. The van der Waals surface area contributed by atoms with E-state index in [0.717, 1.165) is 10.4 Å². The third-order valence-corrected chi connectivity index (χ3v) is 3.72. The van der Waals surface area contributed by atoms with E-state index in [1.807, 2.05) is 0 Å². The summed E-state index contributed by atoms with van der Waals surface area (Å²) >= 11 is 1.23. The van der Waals surface area contributed by atoms with Gasteiger partial charge in [-0.15, -0.1) is 11.3 Å². The number of thiophene rings is 1. The first-order valence-electron chi connectivity index (χ1n) is 5.82. The maximum Gasteiger partial charge on any atom is 0.345 e. The molecule has 0 fully saturated rings. The van der Waals surface area contributed by atoms with Gasteiger partial charge >= 0.3 is 5.97 Å². The topological polar surface area (TPSA) is 92.5 Å². The van der Waals surface area contributed by atoms with Gasteiger partial charge in [-0.3, -0.25) is 10.1 Å². The summed E-state index contributed by atoms with van der Waals surface area (Å²) in [5, 5.41) is 22.5. The van der Waals surface area contributed by atoms with E-state index in [4.69, 9.17) is 5.11 Å². The van der Waals surface area contributed by atoms with Crippen LogP contribution >= 0.6 is 11.3 Å². The van der Waals surface area contributed by atoms with Crippen LogP contribution in [0.5, 0.6) is 0 Å². The Morgan fingerprint density at radius 3 is 2.45 bits per heavy atom. The molecule has 1 aromatic heterocycles. The highest BCUT2D eigenvalue weighted by Crippen LogP contribution is 2.16. The number of carboxylic acid groups (broad SMARTS) is 1. The number of aromatic carboxylic acids is 1. The van der Waals surface area contributed by atoms with E-state index in [2.05, 4.69) is 5.32 Å². The van der Waals surface area contributed by atoms with Crippen molar-refractivity contribution in [1.82, 2.24) is 5.32 Å². The fourth-order valence-corrected chi connectivity index (χ4v) is 2.47. The molecule has 20 heavy (non-hydrogen) atoms. The van der Waals surface area contributed by atoms with Gasteiger partial charge in [-0.05, 0) is 17.7 Å². The molecular formula is C13H12N2O4S. The molecular weight excluding hydrogens is 280 g/mol. The lowest BCUT2D eigenvalue weighted by molar-refractivity contribution is -0.384. The molecule has 6 nitrogen and oxygen atoms in total. The van der Waals surface area contributed by atoms with E-state index in [0.29, 0.717) is 18.0 Å². The molecule has 0 bridgehead atoms. The Bertz CT molecular complexity index is 622. The van der Waals surface area contributed by atoms with Crippen LogP contribution in [0.25, 0.3) is 0 Å². The van der Waals surface area contributed by atoms with Crippen LogP contribution in [-0.2, 0) is 13.1 Å². The van der Waals surface area contributed by atoms with Crippen LogP contribution in [0.2, 0.25) is 0 Å². The maximum atomic E-state index is 10.7. The molecule has 0 unspecified atom stereocenters. The maximum absolute atomic E-state index is 10.7. The van der Waals surface area contributed by atoms with E-state index in [1.54, 1.807) is 24.3 Å². The molecule has 0 saturated heterocycles. The number of nitrogens with zero attached hydrogens (tertiary/aromatic N) is 1. The van der Waals surface area contributed by atoms with Gasteiger partial charge < -0.3 is 10.4 Å². The second-order valence-electron chi connectivity index (χ2n) is 4.10. The fraction of sp³-hybridized carbons (Fsp3) is 0.154. The zero-order chi connectivity index (χ0) is 14.5. The summed E-state index contributed by atoms with van der Waals surface area (Å²) in [4.78, 5) is 22.1. The van der Waals surface area contributed by atoms with Crippen molar-refractivity contribution < 1.29 is 14.8 Å². The van der Waals surface area contributed by atoms with Crippen molar-refractivity contribution >= 4 is 23.0 Å². The zero-order valence-corrected chi connectivity index (χ0v) is 11.2. The largest absolute Gasteiger partial charge is 0.477 e. The van der Waals surface area contributed by atoms with Crippen LogP contribution in [0.4, 0.5) is 5.69 Å². The normalized spacial score (nSPS) is 10.4. The van der Waals surface area contributed by atoms with Crippen LogP contribution in [0, 0.1) is 10.1 Å². The SMILES string of the molecule is O=C(O)c1ccc(CNCc2ccc([N+](=O)[O-])cc2)s1. The minimum atomic E-state index is -0.920. The van der Waals surface area contributed by atoms with Crippen molar-refractivity contribution in [3.8, 4) is 0 Å². The summed E-state index contributed by atoms with van der Waals surface area (Å²) < 4.78 is 0. The van der Waals surface area contributed by atoms with Crippen molar-refractivity contribution in [3.63, 3.8) is 0 Å². The van der Waals surface area contributed by atoms with Crippen LogP contribution in [0.3, 0.4) is 0 Å². The third kappa shape index (κ3) is 3.62. The second-order valence-corrected chi connectivity index (χ2v) is 5.27. The molecule has 0 aliphatic rings. The van der Waals surface area contributed by atoms with Crippen molar-refractivity contribution in [3.05, 3.63) is 61.8 Å². The molecule has 0 amide bonds. The summed E-state index contributed by atoms with van der Waals surface area (Å²) in [7, 11) is 0. The minimum absolute atomic E-state index is 0.0677. The lowest BCUT2D eigenvalue weighted by Gasteiger charge is -2.03. The summed E-state index contributed by atoms with van der Waals surface area (Å²) in [6.45, 7) is 1.13. The van der Waals surface area contributed by atoms with Crippen molar-refractivity contribution in [2.45, 2.75) is 13.1 Å². The van der Waals surface area contributed by atoms with Gasteiger partial charge in [-0.1, -0.05) is 12.1 Å². The number of non-ortho nitro benzene ring substituents is 1. The monoisotopic (exact) mass is 292 g/mol. The zero-order valence-electron chi connectivity index (χ0n) is 10.4. The van der Waals surface area contributed by atoms with Crippen molar-refractivity contribution in [1.29, 1.82) is 0 Å². The Kier molecular flexibility index (Phi) is 4.44. The Morgan fingerprint density at radius 1 is 1.20 bits per heavy atom. The molecule has 0 radical (unpaired) electrons. The predicted octanol–water partition coefficient (Wildman–Crippen LogP) is 2.64. The molecule has 0 aliphatic heterocycles. The molecule has 104 valence electrons. The highest BCUT2D eigenvalue weighted by Gasteiger charge is 2.07. The molecule has 0 aliphatic carbocycles. The molecule has 2 aromatic rings. The van der Waals surface area contributed by atoms with Crippen LogP contribution in [0.1, 0.15) is 20.1 Å². The van der Waals surface area contributed by atoms with E-state index in [1.165, 1.54) is 23.5 Å². The highest BCUT2D eigenvalue weighted by atomic mass is 32.1. The number of nitro benzene ring substituents is 1. The Labute approximate surface area is 118 Å². The first-order chi connectivity index (χ1) is 9.56. The summed E-state index contributed by atoms with van der Waals surface area (Å²) in [6.07, 6.45) is 0. The Balaban J connectivity index is 1.85. The Morgan fingerprint density at radius 2 is 1.90 bits per heavy atom. The first-order valence-corrected chi connectivity index (χ1v) is 6.64. The number of nitro groups is 1. The lowest BCUT2D eigenvalue weighted by atomic mass is 10.2. The molecule has 2 N–H and O–H groups in total. The summed E-state index contributed by atoms with van der Waals surface area (Å²) in [5.41, 5.74) is 1.00. The number of hydrogen-bond acceptors (Lipinski definition) is 5. The van der Waals surface area contributed by atoms with E-state index in [9.17, 15) is 14.9 Å². The second kappa shape index (κ2) is 6.27. The molecule has 2 rings (SSSR count). The van der Waals surface area contributed by atoms with Gasteiger partial charge in [0.1, 0.15) is 4.88 Å². The highest BCUT2D eigenvalue weighted by molar-refractivity contribution is 7.13. The molecule has 1 heterocycles. The Hall–Kier alpha value is -2.25. The van der Waals surface area contributed by atoms with Crippen molar-refractivity contribution in [2.75, 3.05) is 0 Å². The van der Waals surface area contributed by atoms with Gasteiger partial charge in [0.05, 0.1) is 4.92 Å².